The van der Waals surface area contributed by atoms with Crippen LogP contribution < -0.4 is 0 Å². The predicted octanol–water partition coefficient (Wildman–Crippen LogP) is 15.0. The van der Waals surface area contributed by atoms with Crippen LogP contribution in [0.2, 0.25) is 0 Å². The Labute approximate surface area is 367 Å². The third kappa shape index (κ3) is 7.31. The third-order valence-electron chi connectivity index (χ3n) is 13.4. The van der Waals surface area contributed by atoms with E-state index in [0.29, 0.717) is 0 Å². The molecule has 9 rings (SSSR count). The average Bonchev–Trinajstić information content (AvgIpc) is 3.80. The van der Waals surface area contributed by atoms with Crippen LogP contribution in [0.4, 0.5) is 0 Å². The second kappa shape index (κ2) is 16.8. The number of aromatic nitrogens is 2. The molecule has 0 aliphatic heterocycles. The Kier molecular flexibility index (Phi) is 10.9. The Bertz CT molecular complexity index is 2880. The fraction of sp³-hybridized carbons (Fsp3) is 0.186. The maximum Gasteiger partial charge on any atom is 0.0956 e. The van der Waals surface area contributed by atoms with Gasteiger partial charge in [-0.15, -0.1) is 0 Å². The van der Waals surface area contributed by atoms with Crippen molar-refractivity contribution in [1.29, 1.82) is 5.26 Å². The third-order valence-corrected chi connectivity index (χ3v) is 13.4. The van der Waals surface area contributed by atoms with Gasteiger partial charge < -0.3 is 4.57 Å². The summed E-state index contributed by atoms with van der Waals surface area (Å²) in [7, 11) is 0. The lowest BCUT2D eigenvalue weighted by Gasteiger charge is -2.34. The Morgan fingerprint density at radius 2 is 1.56 bits per heavy atom. The van der Waals surface area contributed by atoms with Crippen molar-refractivity contribution in [2.24, 2.45) is 0 Å². The molecular weight excluding hydrogens is 751 g/mol. The van der Waals surface area contributed by atoms with E-state index in [9.17, 15) is 5.26 Å². The summed E-state index contributed by atoms with van der Waals surface area (Å²) >= 11 is 0. The summed E-state index contributed by atoms with van der Waals surface area (Å²) in [6.07, 6.45) is 26.1. The molecule has 62 heavy (non-hydrogen) atoms. The van der Waals surface area contributed by atoms with Crippen molar-refractivity contribution in [3.8, 4) is 45.4 Å². The Morgan fingerprint density at radius 1 is 0.839 bits per heavy atom. The normalized spacial score (nSPS) is 19.4. The number of benzene rings is 4. The van der Waals surface area contributed by atoms with Gasteiger partial charge in [0.2, 0.25) is 0 Å². The molecule has 2 heterocycles. The second-order valence-corrected chi connectivity index (χ2v) is 17.3. The number of allylic oxidation sites excluding steroid dienone is 11. The molecule has 0 N–H and O–H groups in total. The summed E-state index contributed by atoms with van der Waals surface area (Å²) in [5, 5.41) is 10.7. The number of fused-ring (bicyclic) bond motifs is 2. The highest BCUT2D eigenvalue weighted by Crippen LogP contribution is 2.47. The minimum absolute atomic E-state index is 0.245. The Morgan fingerprint density at radius 3 is 2.24 bits per heavy atom. The SMILES string of the molecule is C=CC1=C(CC)Cc2c1cccc2C1(C)C=Cc2cc(/C=C\C=C/C)n(-c3cc(-c4cc(-c5ccccc5)nc(-c5ccccc5)c4)cc(C4(C)CCC=CC=C4C#N)c3)c2C1. The van der Waals surface area contributed by atoms with Crippen molar-refractivity contribution in [2.75, 3.05) is 0 Å². The number of hydrogen-bond donors (Lipinski definition) is 0. The van der Waals surface area contributed by atoms with Gasteiger partial charge in [0.1, 0.15) is 0 Å². The topological polar surface area (TPSA) is 41.6 Å². The van der Waals surface area contributed by atoms with Crippen LogP contribution >= 0.6 is 0 Å². The number of nitrogens with zero attached hydrogens (tertiary/aromatic N) is 3. The standard InChI is InChI=1S/C59H53N3/c1-6-9-13-26-49-33-44-29-31-58(4,54-28-20-27-52-51(8-3)41(7-2)35-53(52)54)39-57(44)62(49)50-34-45(32-48(38-50)59(5)30-19-12-18-25-47(59)40-60)46-36-55(42-21-14-10-15-22-42)61-56(37-46)43-23-16-11-17-24-43/h6,8-18,20-29,31-34,36-38H,3,7,19,30,35,39H2,1-2,4-5H3/b9-6-,26-13-. The smallest absolute Gasteiger partial charge is 0.0956 e. The molecule has 2 atom stereocenters. The average molecular weight is 804 g/mol. The van der Waals surface area contributed by atoms with Crippen LogP contribution in [0, 0.1) is 11.3 Å². The lowest BCUT2D eigenvalue weighted by atomic mass is 9.72. The highest BCUT2D eigenvalue weighted by molar-refractivity contribution is 5.84. The monoisotopic (exact) mass is 803 g/mol. The van der Waals surface area contributed by atoms with E-state index in [1.165, 1.54) is 39.1 Å². The molecule has 0 amide bonds. The van der Waals surface area contributed by atoms with Gasteiger partial charge in [-0.25, -0.2) is 4.98 Å². The van der Waals surface area contributed by atoms with Crippen molar-refractivity contribution in [3.63, 3.8) is 0 Å². The highest BCUT2D eigenvalue weighted by Gasteiger charge is 2.36. The van der Waals surface area contributed by atoms with Gasteiger partial charge in [0.15, 0.2) is 0 Å². The fourth-order valence-corrected chi connectivity index (χ4v) is 9.96. The van der Waals surface area contributed by atoms with E-state index in [-0.39, 0.29) is 5.41 Å². The van der Waals surface area contributed by atoms with E-state index in [2.05, 4.69) is 197 Å². The van der Waals surface area contributed by atoms with Gasteiger partial charge >= 0.3 is 0 Å². The molecule has 0 radical (unpaired) electrons. The summed E-state index contributed by atoms with van der Waals surface area (Å²) in [6, 6.07) is 44.2. The molecule has 3 aliphatic carbocycles. The minimum atomic E-state index is -0.513. The molecule has 304 valence electrons. The van der Waals surface area contributed by atoms with E-state index in [4.69, 9.17) is 4.98 Å². The highest BCUT2D eigenvalue weighted by atomic mass is 15.0. The first-order valence-corrected chi connectivity index (χ1v) is 22.0. The van der Waals surface area contributed by atoms with Gasteiger partial charge in [-0.05, 0) is 120 Å². The molecule has 0 saturated heterocycles. The van der Waals surface area contributed by atoms with Crippen LogP contribution in [0.15, 0.2) is 182 Å². The Balaban J connectivity index is 1.28. The van der Waals surface area contributed by atoms with Gasteiger partial charge in [-0.3, -0.25) is 0 Å². The molecule has 0 saturated carbocycles. The van der Waals surface area contributed by atoms with E-state index in [1.54, 1.807) is 0 Å². The van der Waals surface area contributed by atoms with Crippen molar-refractivity contribution in [2.45, 2.75) is 70.6 Å². The molecule has 0 bridgehead atoms. The summed E-state index contributed by atoms with van der Waals surface area (Å²) in [6.45, 7) is 13.2. The van der Waals surface area contributed by atoms with Gasteiger partial charge in [0.05, 0.1) is 17.5 Å². The molecule has 4 aromatic carbocycles. The Hall–Kier alpha value is -7.02. The zero-order chi connectivity index (χ0) is 42.8. The molecule has 3 aliphatic rings. The quantitative estimate of drug-likeness (QED) is 0.129. The molecular formula is C59H53N3. The number of hydrogen-bond acceptors (Lipinski definition) is 2. The van der Waals surface area contributed by atoms with Gasteiger partial charge in [0.25, 0.3) is 0 Å². The zero-order valence-electron chi connectivity index (χ0n) is 36.3. The predicted molar refractivity (Wildman–Crippen MR) is 261 cm³/mol. The summed E-state index contributed by atoms with van der Waals surface area (Å²) < 4.78 is 2.49. The van der Waals surface area contributed by atoms with E-state index < -0.39 is 5.41 Å². The number of pyridine rings is 1. The second-order valence-electron chi connectivity index (χ2n) is 17.3. The molecule has 0 spiro atoms. The van der Waals surface area contributed by atoms with Crippen LogP contribution in [0.3, 0.4) is 0 Å². The first-order chi connectivity index (χ1) is 30.3. The van der Waals surface area contributed by atoms with Crippen molar-refractivity contribution < 1.29 is 0 Å². The molecule has 3 heteroatoms. The van der Waals surface area contributed by atoms with E-state index in [1.807, 2.05) is 24.3 Å². The van der Waals surface area contributed by atoms with Gasteiger partial charge in [-0.1, -0.05) is 166 Å². The fourth-order valence-electron chi connectivity index (χ4n) is 9.96. The number of nitriles is 1. The zero-order valence-corrected chi connectivity index (χ0v) is 36.3. The molecule has 0 fully saturated rings. The van der Waals surface area contributed by atoms with Crippen LogP contribution in [-0.4, -0.2) is 9.55 Å². The van der Waals surface area contributed by atoms with Crippen LogP contribution in [0.5, 0.6) is 0 Å². The minimum Gasteiger partial charge on any atom is -0.314 e. The summed E-state index contributed by atoms with van der Waals surface area (Å²) in [5.74, 6) is 0. The molecule has 2 aromatic heterocycles. The van der Waals surface area contributed by atoms with Gasteiger partial charge in [-0.2, -0.15) is 5.26 Å². The van der Waals surface area contributed by atoms with Crippen LogP contribution in [0.25, 0.3) is 57.1 Å². The molecule has 6 aromatic rings. The number of rotatable bonds is 10. The first kappa shape index (κ1) is 40.4. The molecule has 2 unspecified atom stereocenters. The van der Waals surface area contributed by atoms with Crippen LogP contribution in [-0.2, 0) is 23.7 Å². The van der Waals surface area contributed by atoms with Crippen LogP contribution in [0.1, 0.15) is 86.2 Å². The first-order valence-electron chi connectivity index (χ1n) is 22.0. The summed E-state index contributed by atoms with van der Waals surface area (Å²) in [4.78, 5) is 5.24. The lowest BCUT2D eigenvalue weighted by molar-refractivity contribution is 0.529. The van der Waals surface area contributed by atoms with Crippen molar-refractivity contribution in [3.05, 3.63) is 221 Å². The summed E-state index contributed by atoms with van der Waals surface area (Å²) in [5.41, 5.74) is 18.9. The van der Waals surface area contributed by atoms with Crippen molar-refractivity contribution >= 4 is 17.7 Å². The van der Waals surface area contributed by atoms with Crippen molar-refractivity contribution in [1.82, 2.24) is 9.55 Å². The largest absolute Gasteiger partial charge is 0.314 e. The van der Waals surface area contributed by atoms with E-state index >= 15 is 0 Å². The lowest BCUT2D eigenvalue weighted by Crippen LogP contribution is -2.28. The van der Waals surface area contributed by atoms with E-state index in [0.717, 1.165) is 88.3 Å². The maximum atomic E-state index is 10.7. The van der Waals surface area contributed by atoms with Gasteiger partial charge in [0, 0.05) is 51.0 Å². The molecule has 3 nitrogen and oxygen atoms in total. The maximum absolute atomic E-state index is 10.7.